The molecule has 0 N–H and O–H groups in total. The van der Waals surface area contributed by atoms with Gasteiger partial charge in [-0.2, -0.15) is 9.98 Å². The van der Waals surface area contributed by atoms with E-state index < -0.39 is 6.17 Å². The Hall–Kier alpha value is -1.24. The van der Waals surface area contributed by atoms with Gasteiger partial charge in [0.1, 0.15) is 0 Å². The molecule has 0 spiro atoms. The normalized spacial score (nSPS) is 22.9. The van der Waals surface area contributed by atoms with Crippen molar-refractivity contribution in [2.75, 3.05) is 0 Å². The Morgan fingerprint density at radius 2 is 1.10 bits per heavy atom. The van der Waals surface area contributed by atoms with Crippen LogP contribution in [0.3, 0.4) is 0 Å². The molecule has 110 valence electrons. The first-order valence-corrected chi connectivity index (χ1v) is 8.00. The maximum absolute atomic E-state index is 10.7. The maximum Gasteiger partial charge on any atom is 0.237 e. The van der Waals surface area contributed by atoms with E-state index in [0.29, 0.717) is 11.8 Å². The van der Waals surface area contributed by atoms with Gasteiger partial charge >= 0.3 is 0 Å². The van der Waals surface area contributed by atoms with Crippen molar-refractivity contribution >= 4 is 12.2 Å². The first kappa shape index (κ1) is 15.2. The largest absolute Gasteiger partial charge is 0.237 e. The van der Waals surface area contributed by atoms with Crippen LogP contribution in [0.25, 0.3) is 0 Å². The third kappa shape index (κ3) is 3.88. The fourth-order valence-corrected chi connectivity index (χ4v) is 4.22. The number of rotatable bonds is 5. The summed E-state index contributed by atoms with van der Waals surface area (Å²) >= 11 is 0. The highest BCUT2D eigenvalue weighted by molar-refractivity contribution is 5.37. The van der Waals surface area contributed by atoms with Crippen molar-refractivity contribution in [3.05, 3.63) is 0 Å². The lowest BCUT2D eigenvalue weighted by Crippen LogP contribution is -2.34. The van der Waals surface area contributed by atoms with Gasteiger partial charge in [-0.05, 0) is 11.8 Å². The van der Waals surface area contributed by atoms with Crippen LogP contribution < -0.4 is 0 Å². The van der Waals surface area contributed by atoms with Gasteiger partial charge in [0.25, 0.3) is 0 Å². The fraction of sp³-hybridized carbons (Fsp3) is 0.875. The molecule has 0 heterocycles. The first-order chi connectivity index (χ1) is 9.86. The number of hydrogen-bond donors (Lipinski definition) is 0. The van der Waals surface area contributed by atoms with Gasteiger partial charge in [0.05, 0.1) is 0 Å². The molecule has 20 heavy (non-hydrogen) atoms. The third-order valence-corrected chi connectivity index (χ3v) is 5.10. The smallest absolute Gasteiger partial charge is 0.211 e. The van der Waals surface area contributed by atoms with Gasteiger partial charge in [-0.15, -0.1) is 0 Å². The lowest BCUT2D eigenvalue weighted by atomic mass is 9.68. The molecule has 4 heteroatoms. The molecule has 0 atom stereocenters. The van der Waals surface area contributed by atoms with E-state index in [1.54, 1.807) is 12.2 Å². The van der Waals surface area contributed by atoms with E-state index in [2.05, 4.69) is 9.98 Å². The number of isocyanates is 2. The van der Waals surface area contributed by atoms with Crippen LogP contribution in [-0.4, -0.2) is 18.3 Å². The highest BCUT2D eigenvalue weighted by Gasteiger charge is 2.37. The SMILES string of the molecule is O=C=NC(N=C=O)C(C1CCCCC1)C1CCCCC1. The highest BCUT2D eigenvalue weighted by Crippen LogP contribution is 2.42. The zero-order valence-electron chi connectivity index (χ0n) is 12.1. The average molecular weight is 276 g/mol. The predicted octanol–water partition coefficient (Wildman–Crippen LogP) is 3.76. The standard InChI is InChI=1S/C16H24N2O2/c19-11-17-16(18-12-20)15(13-7-3-1-4-8-13)14-9-5-2-6-10-14/h13-16H,1-10H2. The molecule has 0 saturated heterocycles. The molecule has 0 aromatic carbocycles. The molecule has 0 bridgehead atoms. The molecular weight excluding hydrogens is 252 g/mol. The molecule has 4 nitrogen and oxygen atoms in total. The maximum atomic E-state index is 10.7. The van der Waals surface area contributed by atoms with Crippen LogP contribution in [0.5, 0.6) is 0 Å². The summed E-state index contributed by atoms with van der Waals surface area (Å²) in [6.45, 7) is 0. The topological polar surface area (TPSA) is 58.9 Å². The molecule has 2 saturated carbocycles. The van der Waals surface area contributed by atoms with E-state index >= 15 is 0 Å². The predicted molar refractivity (Wildman–Crippen MR) is 76.7 cm³/mol. The summed E-state index contributed by atoms with van der Waals surface area (Å²) in [4.78, 5) is 29.0. The van der Waals surface area contributed by atoms with Crippen molar-refractivity contribution in [3.63, 3.8) is 0 Å². The molecule has 0 aromatic heterocycles. The quantitative estimate of drug-likeness (QED) is 0.567. The Bertz CT molecular complexity index is 349. The summed E-state index contributed by atoms with van der Waals surface area (Å²) in [7, 11) is 0. The molecule has 0 aliphatic heterocycles. The van der Waals surface area contributed by atoms with E-state index in [9.17, 15) is 9.59 Å². The summed E-state index contributed by atoms with van der Waals surface area (Å²) in [5.74, 6) is 1.33. The Morgan fingerprint density at radius 3 is 1.45 bits per heavy atom. The minimum absolute atomic E-state index is 0.235. The zero-order valence-corrected chi connectivity index (χ0v) is 12.1. The molecule has 2 fully saturated rings. The zero-order chi connectivity index (χ0) is 14.2. The van der Waals surface area contributed by atoms with Crippen LogP contribution in [0.4, 0.5) is 0 Å². The number of aliphatic imine (C=N–C) groups is 2. The van der Waals surface area contributed by atoms with Crippen molar-refractivity contribution in [1.29, 1.82) is 0 Å². The van der Waals surface area contributed by atoms with Gasteiger partial charge in [0.15, 0.2) is 6.17 Å². The van der Waals surface area contributed by atoms with Crippen LogP contribution in [0.1, 0.15) is 64.2 Å². The van der Waals surface area contributed by atoms with E-state index in [1.165, 1.54) is 64.2 Å². The van der Waals surface area contributed by atoms with Crippen molar-refractivity contribution in [3.8, 4) is 0 Å². The van der Waals surface area contributed by atoms with Crippen LogP contribution in [-0.2, 0) is 9.59 Å². The van der Waals surface area contributed by atoms with Crippen molar-refractivity contribution in [1.82, 2.24) is 0 Å². The van der Waals surface area contributed by atoms with Gasteiger partial charge in [0, 0.05) is 5.92 Å². The Labute approximate surface area is 120 Å². The van der Waals surface area contributed by atoms with E-state index in [1.807, 2.05) is 0 Å². The van der Waals surface area contributed by atoms with Crippen molar-refractivity contribution < 1.29 is 9.59 Å². The second-order valence-electron chi connectivity index (χ2n) is 6.23. The molecular formula is C16H24N2O2. The van der Waals surface area contributed by atoms with Gasteiger partial charge < -0.3 is 0 Å². The van der Waals surface area contributed by atoms with E-state index in [4.69, 9.17) is 0 Å². The van der Waals surface area contributed by atoms with Crippen LogP contribution in [0.15, 0.2) is 9.98 Å². The summed E-state index contributed by atoms with van der Waals surface area (Å²) in [5.41, 5.74) is 0. The average Bonchev–Trinajstić information content (AvgIpc) is 2.50. The summed E-state index contributed by atoms with van der Waals surface area (Å²) in [5, 5.41) is 0. The lowest BCUT2D eigenvalue weighted by molar-refractivity contribution is 0.121. The fourth-order valence-electron chi connectivity index (χ4n) is 4.22. The second-order valence-corrected chi connectivity index (χ2v) is 6.23. The molecule has 2 aliphatic carbocycles. The third-order valence-electron chi connectivity index (χ3n) is 5.10. The van der Waals surface area contributed by atoms with E-state index in [-0.39, 0.29) is 5.92 Å². The summed E-state index contributed by atoms with van der Waals surface area (Å²) < 4.78 is 0. The molecule has 2 aliphatic rings. The van der Waals surface area contributed by atoms with Crippen LogP contribution in [0.2, 0.25) is 0 Å². The van der Waals surface area contributed by atoms with Gasteiger partial charge in [-0.1, -0.05) is 64.2 Å². The van der Waals surface area contributed by atoms with Crippen molar-refractivity contribution in [2.24, 2.45) is 27.7 Å². The molecule has 0 aromatic rings. The monoisotopic (exact) mass is 276 g/mol. The van der Waals surface area contributed by atoms with Crippen molar-refractivity contribution in [2.45, 2.75) is 70.4 Å². The minimum atomic E-state index is -0.545. The van der Waals surface area contributed by atoms with Gasteiger partial charge in [-0.25, -0.2) is 9.59 Å². The van der Waals surface area contributed by atoms with Gasteiger partial charge in [0.2, 0.25) is 12.2 Å². The minimum Gasteiger partial charge on any atom is -0.211 e. The van der Waals surface area contributed by atoms with Crippen LogP contribution in [0, 0.1) is 17.8 Å². The van der Waals surface area contributed by atoms with E-state index in [0.717, 1.165) is 0 Å². The Kier molecular flexibility index (Phi) is 6.17. The number of carbonyl (C=O) groups excluding carboxylic acids is 2. The van der Waals surface area contributed by atoms with Crippen LogP contribution >= 0.6 is 0 Å². The molecule has 0 radical (unpaired) electrons. The first-order valence-electron chi connectivity index (χ1n) is 8.00. The molecule has 2 rings (SSSR count). The summed E-state index contributed by atoms with van der Waals surface area (Å²) in [6, 6.07) is 0. The number of nitrogens with zero attached hydrogens (tertiary/aromatic N) is 2. The molecule has 0 unspecified atom stereocenters. The lowest BCUT2D eigenvalue weighted by Gasteiger charge is -2.38. The summed E-state index contributed by atoms with van der Waals surface area (Å²) in [6.07, 6.45) is 15.0. The highest BCUT2D eigenvalue weighted by atomic mass is 16.1. The number of hydrogen-bond acceptors (Lipinski definition) is 4. The second kappa shape index (κ2) is 8.14. The molecule has 0 amide bonds. The Morgan fingerprint density at radius 1 is 0.700 bits per heavy atom. The van der Waals surface area contributed by atoms with Gasteiger partial charge in [-0.3, -0.25) is 0 Å². The Balaban J connectivity index is 2.19.